The van der Waals surface area contributed by atoms with Crippen molar-refractivity contribution < 1.29 is 13.2 Å². The monoisotopic (exact) mass is 299 g/mol. The lowest BCUT2D eigenvalue weighted by molar-refractivity contribution is 0.180. The molecule has 20 heavy (non-hydrogen) atoms. The highest BCUT2D eigenvalue weighted by molar-refractivity contribution is 7.89. The fourth-order valence-corrected chi connectivity index (χ4v) is 4.30. The van der Waals surface area contributed by atoms with E-state index in [1.807, 2.05) is 34.6 Å². The molecule has 0 aliphatic heterocycles. The van der Waals surface area contributed by atoms with Crippen LogP contribution in [-0.4, -0.2) is 28.2 Å². The zero-order valence-electron chi connectivity index (χ0n) is 13.4. The molecule has 1 atom stereocenters. The minimum atomic E-state index is -3.53. The Kier molecular flexibility index (Phi) is 5.35. The highest BCUT2D eigenvalue weighted by Crippen LogP contribution is 2.29. The van der Waals surface area contributed by atoms with Crippen molar-refractivity contribution in [1.82, 2.24) is 4.72 Å². The van der Waals surface area contributed by atoms with E-state index in [0.717, 1.165) is 27.8 Å². The summed E-state index contributed by atoms with van der Waals surface area (Å²) in [5.41, 5.74) is 4.87. The summed E-state index contributed by atoms with van der Waals surface area (Å²) in [6.45, 7) is 11.8. The molecule has 0 saturated carbocycles. The van der Waals surface area contributed by atoms with Gasteiger partial charge in [0.05, 0.1) is 11.5 Å². The molecule has 0 amide bonds. The van der Waals surface area contributed by atoms with Crippen molar-refractivity contribution in [1.29, 1.82) is 0 Å². The Balaban J connectivity index is 3.40. The summed E-state index contributed by atoms with van der Waals surface area (Å²) in [7, 11) is -1.98. The van der Waals surface area contributed by atoms with Gasteiger partial charge < -0.3 is 4.74 Å². The van der Waals surface area contributed by atoms with E-state index in [-0.39, 0.29) is 6.04 Å². The molecule has 0 unspecified atom stereocenters. The molecule has 4 nitrogen and oxygen atoms in total. The number of benzene rings is 1. The first-order valence-electron chi connectivity index (χ1n) is 6.71. The van der Waals surface area contributed by atoms with Crippen molar-refractivity contribution in [2.75, 3.05) is 13.7 Å². The molecule has 0 spiro atoms. The third-order valence-electron chi connectivity index (χ3n) is 3.97. The van der Waals surface area contributed by atoms with Crippen LogP contribution in [0.2, 0.25) is 0 Å². The SMILES string of the molecule is COC[C@H](C)NS(=O)(=O)c1c(C)c(C)c(C)c(C)c1C. The van der Waals surface area contributed by atoms with Crippen LogP contribution in [0.5, 0.6) is 0 Å². The van der Waals surface area contributed by atoms with E-state index < -0.39 is 10.0 Å². The molecule has 1 aromatic carbocycles. The van der Waals surface area contributed by atoms with Crippen molar-refractivity contribution in [2.45, 2.75) is 52.5 Å². The van der Waals surface area contributed by atoms with Crippen LogP contribution in [0.1, 0.15) is 34.7 Å². The van der Waals surface area contributed by atoms with Crippen LogP contribution in [0, 0.1) is 34.6 Å². The van der Waals surface area contributed by atoms with Gasteiger partial charge in [0.25, 0.3) is 0 Å². The molecule has 0 aromatic heterocycles. The smallest absolute Gasteiger partial charge is 0.241 e. The summed E-state index contributed by atoms with van der Waals surface area (Å²) in [6, 6.07) is -0.259. The molecule has 0 saturated heterocycles. The van der Waals surface area contributed by atoms with E-state index in [1.165, 1.54) is 0 Å². The number of methoxy groups -OCH3 is 1. The van der Waals surface area contributed by atoms with Gasteiger partial charge in [-0.1, -0.05) is 0 Å². The van der Waals surface area contributed by atoms with Crippen LogP contribution in [-0.2, 0) is 14.8 Å². The Morgan fingerprint density at radius 2 is 1.35 bits per heavy atom. The van der Waals surface area contributed by atoms with Gasteiger partial charge in [-0.2, -0.15) is 0 Å². The molecule has 0 aliphatic carbocycles. The number of hydrogen-bond acceptors (Lipinski definition) is 3. The summed E-state index contributed by atoms with van der Waals surface area (Å²) in [4.78, 5) is 0.404. The first kappa shape index (κ1) is 17.1. The predicted octanol–water partition coefficient (Wildman–Crippen LogP) is 2.54. The summed E-state index contributed by atoms with van der Waals surface area (Å²) < 4.78 is 32.9. The summed E-state index contributed by atoms with van der Waals surface area (Å²) in [6.07, 6.45) is 0. The second-order valence-electron chi connectivity index (χ2n) is 5.43. The third-order valence-corrected chi connectivity index (χ3v) is 5.84. The third kappa shape index (κ3) is 3.22. The van der Waals surface area contributed by atoms with Crippen LogP contribution in [0.4, 0.5) is 0 Å². The molecule has 5 heteroatoms. The van der Waals surface area contributed by atoms with Gasteiger partial charge in [0, 0.05) is 13.2 Å². The Morgan fingerprint density at radius 3 is 1.75 bits per heavy atom. The minimum Gasteiger partial charge on any atom is -0.383 e. The second kappa shape index (κ2) is 6.24. The van der Waals surface area contributed by atoms with E-state index in [4.69, 9.17) is 4.74 Å². The van der Waals surface area contributed by atoms with Gasteiger partial charge in [-0.15, -0.1) is 0 Å². The first-order valence-corrected chi connectivity index (χ1v) is 8.20. The van der Waals surface area contributed by atoms with Crippen LogP contribution in [0.25, 0.3) is 0 Å². The Hall–Kier alpha value is -0.910. The van der Waals surface area contributed by atoms with E-state index in [1.54, 1.807) is 14.0 Å². The lowest BCUT2D eigenvalue weighted by Gasteiger charge is -2.20. The van der Waals surface area contributed by atoms with Gasteiger partial charge in [0.15, 0.2) is 0 Å². The van der Waals surface area contributed by atoms with Crippen molar-refractivity contribution in [3.63, 3.8) is 0 Å². The lowest BCUT2D eigenvalue weighted by atomic mass is 9.95. The normalized spacial score (nSPS) is 13.6. The maximum absolute atomic E-state index is 12.6. The summed E-state index contributed by atoms with van der Waals surface area (Å²) in [5.74, 6) is 0. The lowest BCUT2D eigenvalue weighted by Crippen LogP contribution is -2.36. The van der Waals surface area contributed by atoms with Gasteiger partial charge in [-0.25, -0.2) is 13.1 Å². The fraction of sp³-hybridized carbons (Fsp3) is 0.600. The highest BCUT2D eigenvalue weighted by atomic mass is 32.2. The van der Waals surface area contributed by atoms with E-state index in [9.17, 15) is 8.42 Å². The standard InChI is InChI=1S/C15H25NO3S/c1-9(8-19-7)16-20(17,18)15-13(5)11(3)10(2)12(4)14(15)6/h9,16H,8H2,1-7H3/t9-/m0/s1. The topological polar surface area (TPSA) is 55.4 Å². The van der Waals surface area contributed by atoms with E-state index in [2.05, 4.69) is 4.72 Å². The zero-order valence-corrected chi connectivity index (χ0v) is 14.2. The molecule has 1 rings (SSSR count). The Labute approximate surface area is 122 Å². The molecule has 0 heterocycles. The average molecular weight is 299 g/mol. The van der Waals surface area contributed by atoms with Crippen molar-refractivity contribution >= 4 is 10.0 Å². The molecular formula is C15H25NO3S. The van der Waals surface area contributed by atoms with Gasteiger partial charge in [0.2, 0.25) is 10.0 Å². The molecule has 0 radical (unpaired) electrons. The number of sulfonamides is 1. The zero-order chi connectivity index (χ0) is 15.7. The Morgan fingerprint density at radius 1 is 0.950 bits per heavy atom. The Bertz CT molecular complexity index is 577. The van der Waals surface area contributed by atoms with Gasteiger partial charge in [-0.05, 0) is 69.4 Å². The number of rotatable bonds is 5. The van der Waals surface area contributed by atoms with Gasteiger partial charge in [0.1, 0.15) is 0 Å². The van der Waals surface area contributed by atoms with Crippen molar-refractivity contribution in [3.05, 3.63) is 27.8 Å². The molecule has 0 bridgehead atoms. The molecule has 1 N–H and O–H groups in total. The second-order valence-corrected chi connectivity index (χ2v) is 7.08. The van der Waals surface area contributed by atoms with Crippen LogP contribution in [0.15, 0.2) is 4.90 Å². The number of ether oxygens (including phenoxy) is 1. The molecular weight excluding hydrogens is 274 g/mol. The molecule has 1 aromatic rings. The van der Waals surface area contributed by atoms with E-state index >= 15 is 0 Å². The average Bonchev–Trinajstić information content (AvgIpc) is 2.33. The summed E-state index contributed by atoms with van der Waals surface area (Å²) in [5, 5.41) is 0. The van der Waals surface area contributed by atoms with Gasteiger partial charge in [-0.3, -0.25) is 0 Å². The molecule has 0 fully saturated rings. The summed E-state index contributed by atoms with van der Waals surface area (Å²) >= 11 is 0. The maximum Gasteiger partial charge on any atom is 0.241 e. The molecule has 0 aliphatic rings. The fourth-order valence-electron chi connectivity index (χ4n) is 2.48. The number of nitrogens with one attached hydrogen (secondary N) is 1. The van der Waals surface area contributed by atoms with Crippen LogP contribution >= 0.6 is 0 Å². The predicted molar refractivity (Wildman–Crippen MR) is 81.8 cm³/mol. The van der Waals surface area contributed by atoms with Crippen LogP contribution in [0.3, 0.4) is 0 Å². The van der Waals surface area contributed by atoms with Crippen molar-refractivity contribution in [2.24, 2.45) is 0 Å². The van der Waals surface area contributed by atoms with E-state index in [0.29, 0.717) is 11.5 Å². The maximum atomic E-state index is 12.6. The first-order chi connectivity index (χ1) is 9.13. The molecule has 114 valence electrons. The highest BCUT2D eigenvalue weighted by Gasteiger charge is 2.24. The van der Waals surface area contributed by atoms with Crippen LogP contribution < -0.4 is 4.72 Å². The number of hydrogen-bond donors (Lipinski definition) is 1. The minimum absolute atomic E-state index is 0.259. The largest absolute Gasteiger partial charge is 0.383 e. The van der Waals surface area contributed by atoms with Crippen molar-refractivity contribution in [3.8, 4) is 0 Å². The quantitative estimate of drug-likeness (QED) is 0.909. The van der Waals surface area contributed by atoms with Gasteiger partial charge >= 0.3 is 0 Å².